The van der Waals surface area contributed by atoms with Gasteiger partial charge in [0.25, 0.3) is 0 Å². The zero-order valence-corrected chi connectivity index (χ0v) is 13.5. The van der Waals surface area contributed by atoms with Crippen LogP contribution >= 0.6 is 23.2 Å². The molecule has 5 heteroatoms. The Labute approximate surface area is 131 Å². The highest BCUT2D eigenvalue weighted by atomic mass is 35.5. The van der Waals surface area contributed by atoms with E-state index in [4.69, 9.17) is 27.9 Å². The summed E-state index contributed by atoms with van der Waals surface area (Å²) in [4.78, 5) is 0. The first-order valence-electron chi connectivity index (χ1n) is 6.92. The Bertz CT molecular complexity index is 399. The van der Waals surface area contributed by atoms with Gasteiger partial charge in [-0.1, -0.05) is 37.0 Å². The van der Waals surface area contributed by atoms with Crippen LogP contribution in [0, 0.1) is 5.92 Å². The first kappa shape index (κ1) is 17.7. The van der Waals surface area contributed by atoms with Crippen LogP contribution in [0.4, 0.5) is 0 Å². The lowest BCUT2D eigenvalue weighted by Crippen LogP contribution is -2.25. The molecule has 0 fully saturated rings. The number of hydrogen-bond acceptors (Lipinski definition) is 3. The molecule has 1 aromatic carbocycles. The topological polar surface area (TPSA) is 41.5 Å². The van der Waals surface area contributed by atoms with E-state index in [1.54, 1.807) is 18.2 Å². The molecule has 0 saturated carbocycles. The summed E-state index contributed by atoms with van der Waals surface area (Å²) in [6.07, 6.45) is 0.401. The predicted octanol–water partition coefficient (Wildman–Crippen LogP) is 3.68. The fraction of sp³-hybridized carbons (Fsp3) is 0.600. The largest absolute Gasteiger partial charge is 0.387 e. The number of aliphatic hydroxyl groups is 1. The Kier molecular flexibility index (Phi) is 8.50. The van der Waals surface area contributed by atoms with Gasteiger partial charge in [0.2, 0.25) is 0 Å². The van der Waals surface area contributed by atoms with E-state index in [1.165, 1.54) is 0 Å². The van der Waals surface area contributed by atoms with Crippen LogP contribution in [0.25, 0.3) is 0 Å². The fourth-order valence-electron chi connectivity index (χ4n) is 1.68. The van der Waals surface area contributed by atoms with Gasteiger partial charge in [0.15, 0.2) is 0 Å². The molecule has 0 spiro atoms. The lowest BCUT2D eigenvalue weighted by atomic mass is 10.1. The molecule has 1 atom stereocenters. The molecular weight excluding hydrogens is 297 g/mol. The highest BCUT2D eigenvalue weighted by molar-refractivity contribution is 6.33. The highest BCUT2D eigenvalue weighted by Gasteiger charge is 2.11. The summed E-state index contributed by atoms with van der Waals surface area (Å²) in [6.45, 7) is 6.89. The van der Waals surface area contributed by atoms with Crippen molar-refractivity contribution >= 4 is 23.2 Å². The second-order valence-electron chi connectivity index (χ2n) is 5.18. The van der Waals surface area contributed by atoms with Crippen molar-refractivity contribution in [1.82, 2.24) is 5.32 Å². The summed E-state index contributed by atoms with van der Waals surface area (Å²) in [7, 11) is 0. The molecule has 3 nitrogen and oxygen atoms in total. The van der Waals surface area contributed by atoms with E-state index in [1.807, 2.05) is 0 Å². The van der Waals surface area contributed by atoms with Crippen molar-refractivity contribution in [1.29, 1.82) is 0 Å². The molecule has 1 rings (SSSR count). The summed E-state index contributed by atoms with van der Waals surface area (Å²) in [5.74, 6) is 0.662. The van der Waals surface area contributed by atoms with Crippen LogP contribution < -0.4 is 5.32 Å². The van der Waals surface area contributed by atoms with Crippen LogP contribution in [-0.4, -0.2) is 31.4 Å². The average molecular weight is 320 g/mol. The van der Waals surface area contributed by atoms with Gasteiger partial charge in [-0.3, -0.25) is 0 Å². The standard InChI is InChI=1S/C15H23Cl2NO2/c1-11(2)5-7-20-8-6-18-10-15(19)13-9-12(16)3-4-14(13)17/h3-4,9,11,15,18-19H,5-8,10H2,1-2H3. The number of aliphatic hydroxyl groups excluding tert-OH is 1. The Morgan fingerprint density at radius 1 is 1.25 bits per heavy atom. The van der Waals surface area contributed by atoms with Crippen molar-refractivity contribution in [2.45, 2.75) is 26.4 Å². The Morgan fingerprint density at radius 3 is 2.70 bits per heavy atom. The zero-order valence-electron chi connectivity index (χ0n) is 12.0. The third-order valence-corrected chi connectivity index (χ3v) is 3.50. The molecule has 1 aromatic rings. The lowest BCUT2D eigenvalue weighted by Gasteiger charge is -2.14. The van der Waals surface area contributed by atoms with E-state index in [0.717, 1.165) is 13.0 Å². The van der Waals surface area contributed by atoms with Gasteiger partial charge in [0, 0.05) is 35.3 Å². The van der Waals surface area contributed by atoms with Crippen molar-refractivity contribution in [3.8, 4) is 0 Å². The molecule has 0 heterocycles. The molecule has 1 unspecified atom stereocenters. The molecule has 0 aliphatic carbocycles. The van der Waals surface area contributed by atoms with Crippen molar-refractivity contribution in [2.75, 3.05) is 26.3 Å². The number of ether oxygens (including phenoxy) is 1. The number of halogens is 2. The number of rotatable bonds is 9. The summed E-state index contributed by atoms with van der Waals surface area (Å²) in [6, 6.07) is 5.09. The quantitative estimate of drug-likeness (QED) is 0.682. The molecule has 0 radical (unpaired) electrons. The van der Waals surface area contributed by atoms with Gasteiger partial charge < -0.3 is 15.2 Å². The van der Waals surface area contributed by atoms with Crippen LogP contribution in [0.5, 0.6) is 0 Å². The summed E-state index contributed by atoms with van der Waals surface area (Å²) >= 11 is 11.9. The third kappa shape index (κ3) is 6.91. The van der Waals surface area contributed by atoms with Gasteiger partial charge in [-0.2, -0.15) is 0 Å². The van der Waals surface area contributed by atoms with Crippen molar-refractivity contribution in [2.24, 2.45) is 5.92 Å². The zero-order chi connectivity index (χ0) is 15.0. The van der Waals surface area contributed by atoms with Crippen LogP contribution in [0.2, 0.25) is 10.0 Å². The van der Waals surface area contributed by atoms with Gasteiger partial charge >= 0.3 is 0 Å². The first-order valence-corrected chi connectivity index (χ1v) is 7.67. The molecule has 0 aromatic heterocycles. The van der Waals surface area contributed by atoms with Gasteiger partial charge in [0.05, 0.1) is 12.7 Å². The third-order valence-electron chi connectivity index (χ3n) is 2.92. The minimum Gasteiger partial charge on any atom is -0.387 e. The Morgan fingerprint density at radius 2 is 2.00 bits per heavy atom. The van der Waals surface area contributed by atoms with Gasteiger partial charge in [0.1, 0.15) is 0 Å². The highest BCUT2D eigenvalue weighted by Crippen LogP contribution is 2.25. The number of benzene rings is 1. The van der Waals surface area contributed by atoms with Crippen LogP contribution in [0.1, 0.15) is 31.9 Å². The minimum atomic E-state index is -0.670. The van der Waals surface area contributed by atoms with Crippen LogP contribution in [-0.2, 0) is 4.74 Å². The van der Waals surface area contributed by atoms with Crippen LogP contribution in [0.3, 0.4) is 0 Å². The first-order chi connectivity index (χ1) is 9.50. The Balaban J connectivity index is 2.20. The summed E-state index contributed by atoms with van der Waals surface area (Å²) in [5, 5.41) is 14.3. The van der Waals surface area contributed by atoms with E-state index >= 15 is 0 Å². The monoisotopic (exact) mass is 319 g/mol. The smallest absolute Gasteiger partial charge is 0.0929 e. The second-order valence-corrected chi connectivity index (χ2v) is 6.02. The summed E-state index contributed by atoms with van der Waals surface area (Å²) < 4.78 is 5.48. The maximum absolute atomic E-state index is 10.1. The SMILES string of the molecule is CC(C)CCOCCNCC(O)c1cc(Cl)ccc1Cl. The molecule has 20 heavy (non-hydrogen) atoms. The molecule has 0 aliphatic heterocycles. The predicted molar refractivity (Wildman–Crippen MR) is 84.6 cm³/mol. The van der Waals surface area contributed by atoms with E-state index in [0.29, 0.717) is 41.2 Å². The van der Waals surface area contributed by atoms with E-state index in [2.05, 4.69) is 19.2 Å². The maximum atomic E-state index is 10.1. The molecule has 0 aliphatic rings. The fourth-order valence-corrected chi connectivity index (χ4v) is 2.11. The van der Waals surface area contributed by atoms with Crippen molar-refractivity contribution < 1.29 is 9.84 Å². The van der Waals surface area contributed by atoms with Crippen molar-refractivity contribution in [3.05, 3.63) is 33.8 Å². The molecule has 0 amide bonds. The normalized spacial score (nSPS) is 12.9. The number of hydrogen-bond donors (Lipinski definition) is 2. The van der Waals surface area contributed by atoms with Crippen LogP contribution in [0.15, 0.2) is 18.2 Å². The molecule has 2 N–H and O–H groups in total. The molecular formula is C15H23Cl2NO2. The Hall–Kier alpha value is -0.320. The maximum Gasteiger partial charge on any atom is 0.0929 e. The summed E-state index contributed by atoms with van der Waals surface area (Å²) in [5.41, 5.74) is 0.646. The van der Waals surface area contributed by atoms with E-state index in [-0.39, 0.29) is 0 Å². The molecule has 0 bridgehead atoms. The van der Waals surface area contributed by atoms with E-state index < -0.39 is 6.10 Å². The lowest BCUT2D eigenvalue weighted by molar-refractivity contribution is 0.119. The van der Waals surface area contributed by atoms with Crippen molar-refractivity contribution in [3.63, 3.8) is 0 Å². The second kappa shape index (κ2) is 9.59. The van der Waals surface area contributed by atoms with E-state index in [9.17, 15) is 5.11 Å². The number of nitrogens with one attached hydrogen (secondary N) is 1. The molecule has 0 saturated heterocycles. The molecule has 114 valence electrons. The van der Waals surface area contributed by atoms with Gasteiger partial charge in [-0.05, 0) is 30.5 Å². The average Bonchev–Trinajstić information content (AvgIpc) is 2.39. The minimum absolute atomic E-state index is 0.424. The van der Waals surface area contributed by atoms with Gasteiger partial charge in [-0.25, -0.2) is 0 Å². The van der Waals surface area contributed by atoms with Gasteiger partial charge in [-0.15, -0.1) is 0 Å².